The van der Waals surface area contributed by atoms with Crippen molar-refractivity contribution in [2.75, 3.05) is 38.8 Å². The first-order chi connectivity index (χ1) is 19.4. The molecular weight excluding hydrogens is 542 g/mol. The number of Topliss-reactive ketones (excluding diaryl/α,β-unsaturated/α-hetero) is 1. The molecule has 0 fully saturated rings. The van der Waals surface area contributed by atoms with E-state index in [0.29, 0.717) is 17.9 Å². The molecule has 9 heteroatoms. The highest BCUT2D eigenvalue weighted by Crippen LogP contribution is 2.31. The number of unbranched alkanes of at least 4 members (excludes halogenated alkanes) is 1. The number of carbonyl (C=O) groups is 2. The molecule has 0 saturated heterocycles. The van der Waals surface area contributed by atoms with Crippen molar-refractivity contribution in [3.05, 3.63) is 66.4 Å². The summed E-state index contributed by atoms with van der Waals surface area (Å²) in [6, 6.07) is 5.75. The van der Waals surface area contributed by atoms with Gasteiger partial charge >= 0.3 is 0 Å². The second kappa shape index (κ2) is 34.4. The Bertz CT molecular complexity index is 836. The first-order valence-electron chi connectivity index (χ1n) is 13.6. The normalized spacial score (nSPS) is 10.3. The van der Waals surface area contributed by atoms with Gasteiger partial charge in [-0.2, -0.15) is 0 Å². The van der Waals surface area contributed by atoms with E-state index in [9.17, 15) is 4.79 Å². The maximum Gasteiger partial charge on any atom is 0.204 e. The Labute approximate surface area is 251 Å². The SMILES string of the molecule is C=C/C=C(\C=C/NCCCC(C)=O)/C=C/c1cccc(OC)c1OC.CCCC.CCCSSCCN.NC=O. The number of nitrogens with one attached hydrogen (secondary N) is 1. The minimum atomic E-state index is 0.216. The summed E-state index contributed by atoms with van der Waals surface area (Å²) in [4.78, 5) is 19.5. The van der Waals surface area contributed by atoms with E-state index in [4.69, 9.17) is 20.0 Å². The summed E-state index contributed by atoms with van der Waals surface area (Å²) in [7, 11) is 7.03. The van der Waals surface area contributed by atoms with Crippen molar-refractivity contribution in [2.45, 2.75) is 59.8 Å². The topological polar surface area (TPSA) is 117 Å². The number of allylic oxidation sites excluding steroid dienone is 5. The molecule has 0 aliphatic heterocycles. The number of primary amides is 1. The summed E-state index contributed by atoms with van der Waals surface area (Å²) >= 11 is 0. The van der Waals surface area contributed by atoms with E-state index < -0.39 is 0 Å². The molecular formula is C31H53N3O4S2. The second-order valence-electron chi connectivity index (χ2n) is 7.98. The Hall–Kier alpha value is -2.62. The molecule has 0 atom stereocenters. The van der Waals surface area contributed by atoms with Crippen LogP contribution in [0.1, 0.15) is 65.4 Å². The van der Waals surface area contributed by atoms with Crippen molar-refractivity contribution in [3.8, 4) is 11.5 Å². The van der Waals surface area contributed by atoms with Crippen LogP contribution in [0.4, 0.5) is 0 Å². The highest BCUT2D eigenvalue weighted by molar-refractivity contribution is 8.76. The third kappa shape index (κ3) is 28.4. The molecule has 0 heterocycles. The van der Waals surface area contributed by atoms with Gasteiger partial charge in [-0.05, 0) is 43.7 Å². The van der Waals surface area contributed by atoms with Gasteiger partial charge in [0.2, 0.25) is 6.41 Å². The van der Waals surface area contributed by atoms with E-state index in [1.165, 1.54) is 25.0 Å². The molecule has 0 aromatic heterocycles. The van der Waals surface area contributed by atoms with Gasteiger partial charge < -0.3 is 31.1 Å². The number of rotatable bonds is 17. The molecule has 5 N–H and O–H groups in total. The molecule has 1 amide bonds. The number of ether oxygens (including phenoxy) is 2. The number of nitrogens with two attached hydrogens (primary N) is 2. The van der Waals surface area contributed by atoms with Crippen LogP contribution < -0.4 is 26.3 Å². The monoisotopic (exact) mass is 595 g/mol. The third-order valence-electron chi connectivity index (χ3n) is 4.51. The van der Waals surface area contributed by atoms with Crippen LogP contribution in [-0.2, 0) is 9.59 Å². The largest absolute Gasteiger partial charge is 0.493 e. The molecule has 7 nitrogen and oxygen atoms in total. The fourth-order valence-electron chi connectivity index (χ4n) is 2.46. The van der Waals surface area contributed by atoms with Gasteiger partial charge in [0.25, 0.3) is 0 Å². The lowest BCUT2D eigenvalue weighted by Gasteiger charge is -2.09. The molecule has 0 radical (unpaired) electrons. The lowest BCUT2D eigenvalue weighted by molar-refractivity contribution is -0.117. The summed E-state index contributed by atoms with van der Waals surface area (Å²) in [5.74, 6) is 3.95. The number of hydrogen-bond acceptors (Lipinski definition) is 8. The van der Waals surface area contributed by atoms with E-state index in [1.807, 2.05) is 70.3 Å². The Kier molecular flexibility index (Phi) is 36.0. The van der Waals surface area contributed by atoms with Crippen LogP contribution >= 0.6 is 21.6 Å². The van der Waals surface area contributed by atoms with Crippen LogP contribution in [0.5, 0.6) is 11.5 Å². The fourth-order valence-corrected chi connectivity index (χ4v) is 4.45. The van der Waals surface area contributed by atoms with E-state index in [1.54, 1.807) is 27.2 Å². The van der Waals surface area contributed by atoms with Crippen molar-refractivity contribution < 1.29 is 19.1 Å². The number of carbonyl (C=O) groups excluding carboxylic acids is 2. The van der Waals surface area contributed by atoms with Crippen molar-refractivity contribution in [1.29, 1.82) is 0 Å². The molecule has 228 valence electrons. The van der Waals surface area contributed by atoms with E-state index in [-0.39, 0.29) is 12.2 Å². The van der Waals surface area contributed by atoms with Crippen molar-refractivity contribution in [2.24, 2.45) is 11.5 Å². The van der Waals surface area contributed by atoms with Crippen molar-refractivity contribution >= 4 is 39.9 Å². The number of methoxy groups -OCH3 is 2. The summed E-state index contributed by atoms with van der Waals surface area (Å²) in [6.45, 7) is 13.5. The van der Waals surface area contributed by atoms with Gasteiger partial charge in [0.15, 0.2) is 11.5 Å². The van der Waals surface area contributed by atoms with Gasteiger partial charge in [-0.15, -0.1) is 0 Å². The van der Waals surface area contributed by atoms with Gasteiger partial charge in [0.05, 0.1) is 14.2 Å². The predicted molar refractivity (Wildman–Crippen MR) is 179 cm³/mol. The molecule has 0 aliphatic rings. The van der Waals surface area contributed by atoms with Crippen LogP contribution in [0, 0.1) is 0 Å². The lowest BCUT2D eigenvalue weighted by Crippen LogP contribution is -2.08. The second-order valence-corrected chi connectivity index (χ2v) is 10.7. The van der Waals surface area contributed by atoms with Crippen LogP contribution in [0.25, 0.3) is 6.08 Å². The highest BCUT2D eigenvalue weighted by atomic mass is 33.1. The highest BCUT2D eigenvalue weighted by Gasteiger charge is 2.06. The minimum Gasteiger partial charge on any atom is -0.493 e. The van der Waals surface area contributed by atoms with Gasteiger partial charge in [0.1, 0.15) is 5.78 Å². The Morgan fingerprint density at radius 1 is 1.05 bits per heavy atom. The zero-order valence-corrected chi connectivity index (χ0v) is 27.1. The quantitative estimate of drug-likeness (QED) is 0.0767. The van der Waals surface area contributed by atoms with Crippen LogP contribution in [0.3, 0.4) is 0 Å². The number of ketones is 1. The maximum absolute atomic E-state index is 10.9. The maximum atomic E-state index is 10.9. The van der Waals surface area contributed by atoms with Crippen LogP contribution in [0.15, 0.2) is 60.9 Å². The summed E-state index contributed by atoms with van der Waals surface area (Å²) in [5, 5.41) is 3.18. The van der Waals surface area contributed by atoms with E-state index >= 15 is 0 Å². The Balaban J connectivity index is -0.000000748. The van der Waals surface area contributed by atoms with Crippen molar-refractivity contribution in [1.82, 2.24) is 5.32 Å². The third-order valence-corrected chi connectivity index (χ3v) is 7.16. The van der Waals surface area contributed by atoms with E-state index in [0.717, 1.165) is 36.4 Å². The molecule has 1 aromatic carbocycles. The Morgan fingerprint density at radius 3 is 2.20 bits per heavy atom. The molecule has 1 aromatic rings. The summed E-state index contributed by atoms with van der Waals surface area (Å²) in [5.41, 5.74) is 11.4. The molecule has 0 unspecified atom stereocenters. The van der Waals surface area contributed by atoms with Crippen LogP contribution in [0.2, 0.25) is 0 Å². The predicted octanol–water partition coefficient (Wildman–Crippen LogP) is 6.95. The number of hydrogen-bond donors (Lipinski definition) is 3. The first-order valence-corrected chi connectivity index (χ1v) is 16.1. The molecule has 40 heavy (non-hydrogen) atoms. The molecule has 0 saturated carbocycles. The summed E-state index contributed by atoms with van der Waals surface area (Å²) < 4.78 is 10.7. The zero-order chi connectivity index (χ0) is 30.9. The van der Waals surface area contributed by atoms with E-state index in [2.05, 4.69) is 38.4 Å². The molecule has 0 bridgehead atoms. The standard InChI is InChI=1S/C21H27NO3.C5H13NS2.C4H10.CH3NO/c1-5-8-18(14-16-22-15-7-9-17(2)23)12-13-19-10-6-11-20(24-3)21(19)25-4;1-2-4-7-8-5-3-6;1-3-4-2;2-1-3/h5-6,8,10-14,16,22H,1,7,9,15H2,2-4H3;2-6H2,1H3;3-4H2,1-2H3;1H,(H2,2,3)/b13-12+,16-14-,18-8-;;;. The Morgan fingerprint density at radius 2 is 1.70 bits per heavy atom. The van der Waals surface area contributed by atoms with Gasteiger partial charge in [0, 0.05) is 36.6 Å². The summed E-state index contributed by atoms with van der Waals surface area (Å²) in [6.07, 6.45) is 17.0. The smallest absolute Gasteiger partial charge is 0.204 e. The average molecular weight is 596 g/mol. The number of amides is 1. The van der Waals surface area contributed by atoms with Gasteiger partial charge in [-0.25, -0.2) is 0 Å². The van der Waals surface area contributed by atoms with Gasteiger partial charge in [-0.3, -0.25) is 4.79 Å². The average Bonchev–Trinajstić information content (AvgIpc) is 2.96. The van der Waals surface area contributed by atoms with Crippen LogP contribution in [-0.4, -0.2) is 51.0 Å². The first kappa shape index (κ1) is 41.9. The lowest BCUT2D eigenvalue weighted by atomic mass is 10.1. The van der Waals surface area contributed by atoms with Gasteiger partial charge in [-0.1, -0.05) is 98.2 Å². The molecule has 0 spiro atoms. The molecule has 0 aliphatic carbocycles. The number of benzene rings is 1. The number of para-hydroxylation sites is 1. The molecule has 1 rings (SSSR count). The zero-order valence-electron chi connectivity index (χ0n) is 25.4. The fraction of sp³-hybridized carbons (Fsp3) is 0.484. The minimum absolute atomic E-state index is 0.216. The van der Waals surface area contributed by atoms with Crippen molar-refractivity contribution in [3.63, 3.8) is 0 Å².